The molecule has 0 N–H and O–H groups in total. The lowest BCUT2D eigenvalue weighted by Gasteiger charge is -2.04. The standard InChI is InChI=1S/C17H18N4O3S/c1-4-24-15(22)10-21-13-7-5-6-8-14(13)25-17(21)18-16(23)12-9-11(2)20(3)19-12/h5-9H,4,10H2,1-3H3. The number of benzene rings is 1. The summed E-state index contributed by atoms with van der Waals surface area (Å²) in [5, 5.41) is 4.16. The monoisotopic (exact) mass is 358 g/mol. The van der Waals surface area contributed by atoms with Gasteiger partial charge in [-0.05, 0) is 32.0 Å². The van der Waals surface area contributed by atoms with Crippen LogP contribution < -0.4 is 4.80 Å². The summed E-state index contributed by atoms with van der Waals surface area (Å²) in [6.07, 6.45) is 0. The van der Waals surface area contributed by atoms with Crippen molar-refractivity contribution >= 4 is 33.4 Å². The molecule has 3 rings (SSSR count). The highest BCUT2D eigenvalue weighted by atomic mass is 32.1. The summed E-state index contributed by atoms with van der Waals surface area (Å²) in [7, 11) is 1.77. The third kappa shape index (κ3) is 3.53. The molecule has 3 aromatic rings. The molecule has 0 radical (unpaired) electrons. The van der Waals surface area contributed by atoms with E-state index in [9.17, 15) is 9.59 Å². The van der Waals surface area contributed by atoms with Crippen molar-refractivity contribution < 1.29 is 14.3 Å². The Balaban J connectivity index is 2.07. The van der Waals surface area contributed by atoms with E-state index < -0.39 is 5.91 Å². The van der Waals surface area contributed by atoms with E-state index in [0.29, 0.717) is 11.4 Å². The highest BCUT2D eigenvalue weighted by Gasteiger charge is 2.14. The Morgan fingerprint density at radius 3 is 2.76 bits per heavy atom. The van der Waals surface area contributed by atoms with E-state index >= 15 is 0 Å². The molecular weight excluding hydrogens is 340 g/mol. The van der Waals surface area contributed by atoms with Gasteiger partial charge in [0.25, 0.3) is 5.91 Å². The van der Waals surface area contributed by atoms with Crippen molar-refractivity contribution in [2.75, 3.05) is 6.61 Å². The quantitative estimate of drug-likeness (QED) is 0.669. The highest BCUT2D eigenvalue weighted by molar-refractivity contribution is 7.16. The number of aromatic nitrogens is 3. The van der Waals surface area contributed by atoms with Crippen LogP contribution in [-0.4, -0.2) is 32.8 Å². The van der Waals surface area contributed by atoms with Gasteiger partial charge in [-0.2, -0.15) is 10.1 Å². The number of nitrogens with zero attached hydrogens (tertiary/aromatic N) is 4. The first-order valence-corrected chi connectivity index (χ1v) is 8.65. The average molecular weight is 358 g/mol. The van der Waals surface area contributed by atoms with Crippen LogP contribution in [0.25, 0.3) is 10.2 Å². The number of amides is 1. The first-order valence-electron chi connectivity index (χ1n) is 7.83. The number of aryl methyl sites for hydroxylation is 2. The summed E-state index contributed by atoms with van der Waals surface area (Å²) >= 11 is 1.35. The van der Waals surface area contributed by atoms with Crippen molar-refractivity contribution in [2.45, 2.75) is 20.4 Å². The Morgan fingerprint density at radius 2 is 2.08 bits per heavy atom. The van der Waals surface area contributed by atoms with Crippen molar-refractivity contribution in [1.29, 1.82) is 0 Å². The SMILES string of the molecule is CCOC(=O)Cn1c(=NC(=O)c2cc(C)n(C)n2)sc2ccccc21. The second-order valence-corrected chi connectivity index (χ2v) is 6.46. The minimum Gasteiger partial charge on any atom is -0.465 e. The van der Waals surface area contributed by atoms with Crippen molar-refractivity contribution in [3.8, 4) is 0 Å². The van der Waals surface area contributed by atoms with E-state index in [2.05, 4.69) is 10.1 Å². The Bertz CT molecular complexity index is 993. The number of carbonyl (C=O) groups is 2. The third-order valence-electron chi connectivity index (χ3n) is 3.71. The molecule has 1 aromatic carbocycles. The molecule has 0 fully saturated rings. The predicted octanol–water partition coefficient (Wildman–Crippen LogP) is 2.05. The molecule has 0 aliphatic carbocycles. The van der Waals surface area contributed by atoms with E-state index in [4.69, 9.17) is 4.74 Å². The lowest BCUT2D eigenvalue weighted by atomic mass is 10.3. The summed E-state index contributed by atoms with van der Waals surface area (Å²) in [6, 6.07) is 9.29. The summed E-state index contributed by atoms with van der Waals surface area (Å²) in [5.41, 5.74) is 1.98. The first-order chi connectivity index (χ1) is 12.0. The van der Waals surface area contributed by atoms with Crippen LogP contribution in [0, 0.1) is 6.92 Å². The number of carbonyl (C=O) groups excluding carboxylic acids is 2. The second-order valence-electron chi connectivity index (χ2n) is 5.46. The highest BCUT2D eigenvalue weighted by Crippen LogP contribution is 2.17. The minimum absolute atomic E-state index is 0.00517. The van der Waals surface area contributed by atoms with E-state index in [-0.39, 0.29) is 18.2 Å². The largest absolute Gasteiger partial charge is 0.465 e. The smallest absolute Gasteiger partial charge is 0.326 e. The fraction of sp³-hybridized carbons (Fsp3) is 0.294. The Hall–Kier alpha value is -2.74. The van der Waals surface area contributed by atoms with Gasteiger partial charge in [0.15, 0.2) is 10.5 Å². The zero-order valence-electron chi connectivity index (χ0n) is 14.2. The molecule has 0 saturated carbocycles. The molecule has 130 valence electrons. The topological polar surface area (TPSA) is 78.5 Å². The maximum absolute atomic E-state index is 12.5. The van der Waals surface area contributed by atoms with Gasteiger partial charge in [-0.1, -0.05) is 23.5 Å². The lowest BCUT2D eigenvalue weighted by molar-refractivity contribution is -0.143. The van der Waals surface area contributed by atoms with Crippen LogP contribution in [-0.2, 0) is 23.1 Å². The fourth-order valence-corrected chi connectivity index (χ4v) is 3.43. The molecule has 8 heteroatoms. The number of fused-ring (bicyclic) bond motifs is 1. The molecule has 0 aliphatic heterocycles. The van der Waals surface area contributed by atoms with Gasteiger partial charge in [0.05, 0.1) is 16.8 Å². The molecule has 7 nitrogen and oxygen atoms in total. The van der Waals surface area contributed by atoms with Gasteiger partial charge in [0.1, 0.15) is 6.54 Å². The van der Waals surface area contributed by atoms with E-state index in [1.807, 2.05) is 31.2 Å². The van der Waals surface area contributed by atoms with E-state index in [0.717, 1.165) is 15.9 Å². The molecule has 0 aliphatic rings. The summed E-state index contributed by atoms with van der Waals surface area (Å²) in [6.45, 7) is 3.93. The molecule has 0 bridgehead atoms. The molecule has 0 spiro atoms. The fourth-order valence-electron chi connectivity index (χ4n) is 2.40. The Labute approximate surface area is 148 Å². The van der Waals surface area contributed by atoms with Crippen LogP contribution in [0.3, 0.4) is 0 Å². The Kier molecular flexibility index (Phi) is 4.80. The van der Waals surface area contributed by atoms with Gasteiger partial charge >= 0.3 is 5.97 Å². The molecule has 1 amide bonds. The van der Waals surface area contributed by atoms with Gasteiger partial charge in [0.2, 0.25) is 0 Å². The minimum atomic E-state index is -0.437. The molecule has 25 heavy (non-hydrogen) atoms. The molecular formula is C17H18N4O3S. The third-order valence-corrected chi connectivity index (χ3v) is 4.77. The van der Waals surface area contributed by atoms with Crippen molar-refractivity contribution in [3.05, 3.63) is 46.5 Å². The van der Waals surface area contributed by atoms with Crippen LogP contribution in [0.5, 0.6) is 0 Å². The summed E-state index contributed by atoms with van der Waals surface area (Å²) < 4.78 is 9.30. The van der Waals surface area contributed by atoms with Crippen LogP contribution in [0.15, 0.2) is 35.3 Å². The second kappa shape index (κ2) is 7.02. The summed E-state index contributed by atoms with van der Waals surface area (Å²) in [5.74, 6) is -0.804. The van der Waals surface area contributed by atoms with E-state index in [1.165, 1.54) is 11.3 Å². The summed E-state index contributed by atoms with van der Waals surface area (Å²) in [4.78, 5) is 29.0. The van der Waals surface area contributed by atoms with Crippen molar-refractivity contribution in [3.63, 3.8) is 0 Å². The lowest BCUT2D eigenvalue weighted by Crippen LogP contribution is -2.23. The van der Waals surface area contributed by atoms with Crippen LogP contribution >= 0.6 is 11.3 Å². The first kappa shape index (κ1) is 17.1. The number of hydrogen-bond donors (Lipinski definition) is 0. The van der Waals surface area contributed by atoms with Gasteiger partial charge in [0, 0.05) is 12.7 Å². The van der Waals surface area contributed by atoms with Crippen LogP contribution in [0.1, 0.15) is 23.1 Å². The number of hydrogen-bond acceptors (Lipinski definition) is 5. The number of thiazole rings is 1. The number of esters is 1. The molecule has 0 atom stereocenters. The van der Waals surface area contributed by atoms with Gasteiger partial charge in [-0.3, -0.25) is 14.3 Å². The zero-order chi connectivity index (χ0) is 18.0. The number of rotatable bonds is 4. The molecule has 0 saturated heterocycles. The Morgan fingerprint density at radius 1 is 1.32 bits per heavy atom. The number of ether oxygens (including phenoxy) is 1. The predicted molar refractivity (Wildman–Crippen MR) is 94.3 cm³/mol. The average Bonchev–Trinajstić information content (AvgIpc) is 3.09. The van der Waals surface area contributed by atoms with Crippen LogP contribution in [0.4, 0.5) is 0 Å². The van der Waals surface area contributed by atoms with Crippen LogP contribution in [0.2, 0.25) is 0 Å². The van der Waals surface area contributed by atoms with Gasteiger partial charge in [-0.15, -0.1) is 0 Å². The van der Waals surface area contributed by atoms with Gasteiger partial charge < -0.3 is 9.30 Å². The molecule has 0 unspecified atom stereocenters. The van der Waals surface area contributed by atoms with Crippen molar-refractivity contribution in [1.82, 2.24) is 14.3 Å². The van der Waals surface area contributed by atoms with E-state index in [1.54, 1.807) is 29.3 Å². The molecule has 2 aromatic heterocycles. The maximum Gasteiger partial charge on any atom is 0.326 e. The zero-order valence-corrected chi connectivity index (χ0v) is 15.0. The number of para-hydroxylation sites is 1. The maximum atomic E-state index is 12.5. The molecule has 2 heterocycles. The van der Waals surface area contributed by atoms with Crippen molar-refractivity contribution in [2.24, 2.45) is 12.0 Å². The normalized spacial score (nSPS) is 11.9. The van der Waals surface area contributed by atoms with Gasteiger partial charge in [-0.25, -0.2) is 0 Å².